The Balaban J connectivity index is 2.55. The lowest BCUT2D eigenvalue weighted by Gasteiger charge is -2.07. The summed E-state index contributed by atoms with van der Waals surface area (Å²) < 4.78 is 0. The molecule has 90 valence electrons. The Bertz CT molecular complexity index is 612. The van der Waals surface area contributed by atoms with Crippen molar-refractivity contribution in [1.29, 1.82) is 5.26 Å². The number of halogens is 2. The molecule has 1 aromatic heterocycles. The van der Waals surface area contributed by atoms with Crippen LogP contribution in [-0.2, 0) is 6.42 Å². The molecule has 0 saturated carbocycles. The van der Waals surface area contributed by atoms with Crippen molar-refractivity contribution in [3.05, 3.63) is 46.1 Å². The number of hydrogen-bond acceptors (Lipinski definition) is 3. The molecule has 0 aliphatic carbocycles. The van der Waals surface area contributed by atoms with Gasteiger partial charge in [0.05, 0.1) is 12.5 Å². The predicted molar refractivity (Wildman–Crippen MR) is 73.4 cm³/mol. The number of rotatable bonds is 2. The summed E-state index contributed by atoms with van der Waals surface area (Å²) in [5, 5.41) is 9.75. The van der Waals surface area contributed by atoms with Gasteiger partial charge >= 0.3 is 0 Å². The van der Waals surface area contributed by atoms with Crippen molar-refractivity contribution in [1.82, 2.24) is 4.98 Å². The van der Waals surface area contributed by atoms with E-state index in [2.05, 4.69) is 11.1 Å². The molecule has 0 amide bonds. The van der Waals surface area contributed by atoms with E-state index in [4.69, 9.17) is 34.2 Å². The second kappa shape index (κ2) is 5.26. The molecule has 2 aromatic rings. The fourth-order valence-corrected chi connectivity index (χ4v) is 2.17. The summed E-state index contributed by atoms with van der Waals surface area (Å²) in [6.07, 6.45) is 1.88. The van der Waals surface area contributed by atoms with Crippen molar-refractivity contribution in [3.8, 4) is 17.2 Å². The minimum absolute atomic E-state index is 0.286. The predicted octanol–water partition coefficient (Wildman–Crippen LogP) is 3.70. The number of benzene rings is 1. The fourth-order valence-electron chi connectivity index (χ4n) is 1.65. The second-order valence-electron chi connectivity index (χ2n) is 3.77. The summed E-state index contributed by atoms with van der Waals surface area (Å²) in [5.41, 5.74) is 8.16. The molecule has 3 nitrogen and oxygen atoms in total. The van der Waals surface area contributed by atoms with Crippen molar-refractivity contribution in [2.45, 2.75) is 6.42 Å². The summed E-state index contributed by atoms with van der Waals surface area (Å²) in [5.74, 6) is 0.384. The van der Waals surface area contributed by atoms with Crippen LogP contribution in [0.25, 0.3) is 11.1 Å². The molecule has 2 N–H and O–H groups in total. The first kappa shape index (κ1) is 12.7. The lowest BCUT2D eigenvalue weighted by Crippen LogP contribution is -1.96. The zero-order chi connectivity index (χ0) is 13.1. The summed E-state index contributed by atoms with van der Waals surface area (Å²) >= 11 is 11.9. The van der Waals surface area contributed by atoms with Crippen molar-refractivity contribution < 1.29 is 0 Å². The molecular weight excluding hydrogens is 269 g/mol. The number of nitriles is 1. The summed E-state index contributed by atoms with van der Waals surface area (Å²) in [6.45, 7) is 0. The molecule has 1 aromatic carbocycles. The van der Waals surface area contributed by atoms with Gasteiger partial charge in [0.2, 0.25) is 0 Å². The van der Waals surface area contributed by atoms with Crippen LogP contribution in [0.1, 0.15) is 5.56 Å². The van der Waals surface area contributed by atoms with Crippen LogP contribution in [-0.4, -0.2) is 4.98 Å². The molecule has 2 rings (SSSR count). The average molecular weight is 278 g/mol. The highest BCUT2D eigenvalue weighted by Gasteiger charge is 2.07. The summed E-state index contributed by atoms with van der Waals surface area (Å²) in [6, 6.07) is 9.07. The third-order valence-corrected chi connectivity index (χ3v) is 2.87. The number of pyridine rings is 1. The van der Waals surface area contributed by atoms with Gasteiger partial charge in [-0.05, 0) is 35.4 Å². The zero-order valence-corrected chi connectivity index (χ0v) is 10.8. The number of nitrogens with two attached hydrogens (primary N) is 1. The van der Waals surface area contributed by atoms with Crippen molar-refractivity contribution in [3.63, 3.8) is 0 Å². The summed E-state index contributed by atoms with van der Waals surface area (Å²) in [4.78, 5) is 4.07. The number of nitrogens with zero attached hydrogens (tertiary/aromatic N) is 2. The molecule has 0 aliphatic heterocycles. The minimum Gasteiger partial charge on any atom is -0.383 e. The number of aromatic nitrogens is 1. The van der Waals surface area contributed by atoms with Gasteiger partial charge in [-0.25, -0.2) is 4.98 Å². The largest absolute Gasteiger partial charge is 0.383 e. The van der Waals surface area contributed by atoms with Gasteiger partial charge in [0.15, 0.2) is 0 Å². The van der Waals surface area contributed by atoms with E-state index in [1.165, 1.54) is 0 Å². The van der Waals surface area contributed by atoms with Crippen molar-refractivity contribution in [2.75, 3.05) is 5.73 Å². The molecular formula is C13H9Cl2N3. The van der Waals surface area contributed by atoms with Gasteiger partial charge in [0.1, 0.15) is 5.82 Å². The highest BCUT2D eigenvalue weighted by atomic mass is 35.5. The van der Waals surface area contributed by atoms with Gasteiger partial charge in [0.25, 0.3) is 0 Å². The third kappa shape index (κ3) is 2.73. The minimum atomic E-state index is 0.286. The highest BCUT2D eigenvalue weighted by Crippen LogP contribution is 2.30. The number of hydrogen-bond donors (Lipinski definition) is 1. The maximum atomic E-state index is 8.69. The summed E-state index contributed by atoms with van der Waals surface area (Å²) in [7, 11) is 0. The molecule has 0 fully saturated rings. The Kier molecular flexibility index (Phi) is 3.71. The molecule has 0 unspecified atom stereocenters. The van der Waals surface area contributed by atoms with Crippen LogP contribution in [0, 0.1) is 11.3 Å². The van der Waals surface area contributed by atoms with Gasteiger partial charge < -0.3 is 5.73 Å². The molecule has 0 spiro atoms. The van der Waals surface area contributed by atoms with E-state index >= 15 is 0 Å². The molecule has 0 aliphatic rings. The molecule has 18 heavy (non-hydrogen) atoms. The maximum Gasteiger partial charge on any atom is 0.131 e. The Morgan fingerprint density at radius 3 is 2.44 bits per heavy atom. The molecule has 0 atom stereocenters. The van der Waals surface area contributed by atoms with Gasteiger partial charge in [-0.1, -0.05) is 23.2 Å². The Hall–Kier alpha value is -1.76. The average Bonchev–Trinajstić information content (AvgIpc) is 2.30. The van der Waals surface area contributed by atoms with Gasteiger partial charge in [-0.15, -0.1) is 0 Å². The van der Waals surface area contributed by atoms with Crippen LogP contribution in [0.15, 0.2) is 30.5 Å². The van der Waals surface area contributed by atoms with Crippen molar-refractivity contribution >= 4 is 29.0 Å². The lowest BCUT2D eigenvalue weighted by molar-refractivity contribution is 1.20. The number of anilines is 1. The Morgan fingerprint density at radius 2 is 1.83 bits per heavy atom. The molecule has 0 saturated heterocycles. The Labute approximate surface area is 115 Å². The van der Waals surface area contributed by atoms with E-state index in [0.717, 1.165) is 16.7 Å². The van der Waals surface area contributed by atoms with Gasteiger partial charge in [-0.2, -0.15) is 5.26 Å². The molecule has 1 heterocycles. The van der Waals surface area contributed by atoms with E-state index in [1.54, 1.807) is 24.4 Å². The standard InChI is InChI=1S/C13H9Cl2N3/c14-10-4-9(5-11(15)6-10)12-3-8(1-2-16)7-18-13(12)17/h3-7H,1H2,(H2,17,18). The van der Waals surface area contributed by atoms with E-state index < -0.39 is 0 Å². The van der Waals surface area contributed by atoms with E-state index in [0.29, 0.717) is 15.9 Å². The maximum absolute atomic E-state index is 8.69. The van der Waals surface area contributed by atoms with Crippen molar-refractivity contribution in [2.24, 2.45) is 0 Å². The lowest BCUT2D eigenvalue weighted by atomic mass is 10.0. The molecule has 0 bridgehead atoms. The van der Waals surface area contributed by atoms with E-state index in [-0.39, 0.29) is 6.42 Å². The zero-order valence-electron chi connectivity index (χ0n) is 9.32. The first-order chi connectivity index (χ1) is 8.60. The van der Waals surface area contributed by atoms with Crippen LogP contribution in [0.4, 0.5) is 5.82 Å². The van der Waals surface area contributed by atoms with Gasteiger partial charge in [-0.3, -0.25) is 0 Å². The van der Waals surface area contributed by atoms with Gasteiger partial charge in [0, 0.05) is 21.8 Å². The van der Waals surface area contributed by atoms with Crippen LogP contribution in [0.5, 0.6) is 0 Å². The Morgan fingerprint density at radius 1 is 1.17 bits per heavy atom. The third-order valence-electron chi connectivity index (χ3n) is 2.43. The van der Waals surface area contributed by atoms with Crippen LogP contribution >= 0.6 is 23.2 Å². The van der Waals surface area contributed by atoms with Crippen LogP contribution in [0.2, 0.25) is 10.0 Å². The first-order valence-electron chi connectivity index (χ1n) is 5.18. The van der Waals surface area contributed by atoms with E-state index in [1.807, 2.05) is 6.07 Å². The van der Waals surface area contributed by atoms with Crippen LogP contribution in [0.3, 0.4) is 0 Å². The SMILES string of the molecule is N#CCc1cnc(N)c(-c2cc(Cl)cc(Cl)c2)c1. The first-order valence-corrected chi connectivity index (χ1v) is 5.93. The normalized spacial score (nSPS) is 10.1. The fraction of sp³-hybridized carbons (Fsp3) is 0.0769. The van der Waals surface area contributed by atoms with Crippen LogP contribution < -0.4 is 5.73 Å². The quantitative estimate of drug-likeness (QED) is 0.910. The topological polar surface area (TPSA) is 62.7 Å². The molecule has 5 heteroatoms. The molecule has 0 radical (unpaired) electrons. The smallest absolute Gasteiger partial charge is 0.131 e. The highest BCUT2D eigenvalue weighted by molar-refractivity contribution is 6.35. The monoisotopic (exact) mass is 277 g/mol. The van der Waals surface area contributed by atoms with E-state index in [9.17, 15) is 0 Å². The second-order valence-corrected chi connectivity index (χ2v) is 4.64. The number of nitrogen functional groups attached to an aromatic ring is 1.